The third-order valence-electron chi connectivity index (χ3n) is 1.58. The zero-order chi connectivity index (χ0) is 9.84. The summed E-state index contributed by atoms with van der Waals surface area (Å²) < 4.78 is 5.11. The summed E-state index contributed by atoms with van der Waals surface area (Å²) in [4.78, 5) is 22.6. The first-order valence-electron chi connectivity index (χ1n) is 4.11. The maximum atomic E-state index is 11.3. The SMILES string of the molecule is CCOC(=O)C1SC(C)SCC1=O. The largest absolute Gasteiger partial charge is 0.465 e. The van der Waals surface area contributed by atoms with E-state index in [0.717, 1.165) is 0 Å². The molecule has 2 unspecified atom stereocenters. The molecular weight excluding hydrogens is 208 g/mol. The molecule has 1 aliphatic heterocycles. The molecule has 0 radical (unpaired) electrons. The van der Waals surface area contributed by atoms with Gasteiger partial charge in [0, 0.05) is 4.58 Å². The summed E-state index contributed by atoms with van der Waals surface area (Å²) in [7, 11) is 0. The Hall–Kier alpha value is -0.160. The second-order valence-corrected chi connectivity index (χ2v) is 5.69. The van der Waals surface area contributed by atoms with Crippen LogP contribution in [-0.2, 0) is 14.3 Å². The molecule has 1 rings (SSSR count). The molecule has 1 fully saturated rings. The molecule has 0 aliphatic carbocycles. The van der Waals surface area contributed by atoms with Crippen molar-refractivity contribution in [1.82, 2.24) is 0 Å². The molecule has 0 saturated carbocycles. The number of ether oxygens (including phenoxy) is 1. The highest BCUT2D eigenvalue weighted by molar-refractivity contribution is 8.19. The molecule has 0 amide bonds. The lowest BCUT2D eigenvalue weighted by molar-refractivity contribution is -0.144. The Morgan fingerprint density at radius 1 is 1.69 bits per heavy atom. The van der Waals surface area contributed by atoms with E-state index >= 15 is 0 Å². The molecule has 1 saturated heterocycles. The van der Waals surface area contributed by atoms with Crippen LogP contribution < -0.4 is 0 Å². The van der Waals surface area contributed by atoms with Gasteiger partial charge in [-0.05, 0) is 13.8 Å². The average molecular weight is 220 g/mol. The molecule has 2 atom stereocenters. The number of Topliss-reactive ketones (excluding diaryl/α,β-unsaturated/α-hetero) is 1. The van der Waals surface area contributed by atoms with Crippen LogP contribution in [0.25, 0.3) is 0 Å². The van der Waals surface area contributed by atoms with Crippen molar-refractivity contribution in [1.29, 1.82) is 0 Å². The van der Waals surface area contributed by atoms with E-state index in [1.807, 2.05) is 6.92 Å². The summed E-state index contributed by atoms with van der Waals surface area (Å²) in [5.41, 5.74) is 0. The monoisotopic (exact) mass is 220 g/mol. The number of hydrogen-bond acceptors (Lipinski definition) is 5. The van der Waals surface area contributed by atoms with Crippen LogP contribution in [0.1, 0.15) is 13.8 Å². The predicted octanol–water partition coefficient (Wildman–Crippen LogP) is 1.31. The summed E-state index contributed by atoms with van der Waals surface area (Å²) in [6, 6.07) is 0. The molecular formula is C8H12O3S2. The molecule has 0 spiro atoms. The van der Waals surface area contributed by atoms with Gasteiger partial charge in [-0.3, -0.25) is 9.59 Å². The minimum absolute atomic E-state index is 0.0217. The molecule has 5 heteroatoms. The van der Waals surface area contributed by atoms with Gasteiger partial charge in [0.05, 0.1) is 12.4 Å². The molecule has 0 bridgehead atoms. The van der Waals surface area contributed by atoms with E-state index in [-0.39, 0.29) is 11.8 Å². The third-order valence-corrected chi connectivity index (χ3v) is 4.35. The Kier molecular flexibility index (Phi) is 4.12. The van der Waals surface area contributed by atoms with Gasteiger partial charge in [0.25, 0.3) is 0 Å². The summed E-state index contributed by atoms with van der Waals surface area (Å²) >= 11 is 2.95. The van der Waals surface area contributed by atoms with E-state index in [9.17, 15) is 9.59 Å². The molecule has 1 heterocycles. The minimum atomic E-state index is -0.587. The lowest BCUT2D eigenvalue weighted by Gasteiger charge is -2.22. The van der Waals surface area contributed by atoms with Crippen molar-refractivity contribution in [2.24, 2.45) is 0 Å². The van der Waals surface area contributed by atoms with Gasteiger partial charge in [0.15, 0.2) is 11.0 Å². The van der Waals surface area contributed by atoms with Gasteiger partial charge in [0.2, 0.25) is 0 Å². The third kappa shape index (κ3) is 2.91. The van der Waals surface area contributed by atoms with Crippen molar-refractivity contribution in [3.63, 3.8) is 0 Å². The van der Waals surface area contributed by atoms with Crippen LogP contribution in [0.15, 0.2) is 0 Å². The average Bonchev–Trinajstić information content (AvgIpc) is 2.09. The summed E-state index contributed by atoms with van der Waals surface area (Å²) in [6.07, 6.45) is 0. The van der Waals surface area contributed by atoms with E-state index in [2.05, 4.69) is 0 Å². The summed E-state index contributed by atoms with van der Waals surface area (Å²) in [5, 5.41) is -0.587. The van der Waals surface area contributed by atoms with Crippen LogP contribution in [0.5, 0.6) is 0 Å². The Bertz CT molecular complexity index is 217. The van der Waals surface area contributed by atoms with Gasteiger partial charge < -0.3 is 4.74 Å². The number of rotatable bonds is 2. The van der Waals surface area contributed by atoms with Crippen LogP contribution in [0.3, 0.4) is 0 Å². The van der Waals surface area contributed by atoms with Crippen molar-refractivity contribution in [3.8, 4) is 0 Å². The molecule has 13 heavy (non-hydrogen) atoms. The van der Waals surface area contributed by atoms with E-state index < -0.39 is 5.25 Å². The first-order chi connectivity index (χ1) is 6.15. The normalized spacial score (nSPS) is 28.6. The van der Waals surface area contributed by atoms with Crippen molar-refractivity contribution in [2.75, 3.05) is 12.4 Å². The number of esters is 1. The number of hydrogen-bond donors (Lipinski definition) is 0. The Morgan fingerprint density at radius 3 is 3.00 bits per heavy atom. The Balaban J connectivity index is 2.55. The Morgan fingerprint density at radius 2 is 2.38 bits per heavy atom. The molecule has 0 aromatic carbocycles. The fourth-order valence-corrected chi connectivity index (χ4v) is 3.31. The van der Waals surface area contributed by atoms with Gasteiger partial charge in [-0.15, -0.1) is 23.5 Å². The molecule has 74 valence electrons. The zero-order valence-electron chi connectivity index (χ0n) is 7.61. The van der Waals surface area contributed by atoms with Crippen molar-refractivity contribution in [2.45, 2.75) is 23.7 Å². The number of ketones is 1. The van der Waals surface area contributed by atoms with Gasteiger partial charge in [0.1, 0.15) is 0 Å². The van der Waals surface area contributed by atoms with Crippen LogP contribution in [-0.4, -0.2) is 33.9 Å². The smallest absolute Gasteiger partial charge is 0.326 e. The second-order valence-electron chi connectivity index (χ2n) is 2.61. The number of thioether (sulfide) groups is 2. The van der Waals surface area contributed by atoms with E-state index in [1.165, 1.54) is 11.8 Å². The Labute approximate surface area is 86.0 Å². The first-order valence-corrected chi connectivity index (χ1v) is 6.10. The molecule has 0 aromatic rings. The van der Waals surface area contributed by atoms with Crippen LogP contribution in [0.2, 0.25) is 0 Å². The van der Waals surface area contributed by atoms with Crippen molar-refractivity contribution >= 4 is 35.3 Å². The van der Waals surface area contributed by atoms with Gasteiger partial charge >= 0.3 is 5.97 Å². The topological polar surface area (TPSA) is 43.4 Å². The van der Waals surface area contributed by atoms with E-state index in [0.29, 0.717) is 16.9 Å². The lowest BCUT2D eigenvalue weighted by Crippen LogP contribution is -2.34. The maximum absolute atomic E-state index is 11.3. The maximum Gasteiger partial charge on any atom is 0.326 e. The molecule has 3 nitrogen and oxygen atoms in total. The number of carbonyl (C=O) groups excluding carboxylic acids is 2. The highest BCUT2D eigenvalue weighted by atomic mass is 32.2. The van der Waals surface area contributed by atoms with Gasteiger partial charge in [-0.1, -0.05) is 0 Å². The molecule has 0 aromatic heterocycles. The van der Waals surface area contributed by atoms with E-state index in [1.54, 1.807) is 18.7 Å². The molecule has 0 N–H and O–H groups in total. The fourth-order valence-electron chi connectivity index (χ4n) is 0.987. The summed E-state index contributed by atoms with van der Waals surface area (Å²) in [5.74, 6) is 0.0219. The van der Waals surface area contributed by atoms with Crippen LogP contribution in [0, 0.1) is 0 Å². The highest BCUT2D eigenvalue weighted by Crippen LogP contribution is 2.33. The first kappa shape index (κ1) is 10.9. The van der Waals surface area contributed by atoms with E-state index in [4.69, 9.17) is 4.74 Å². The zero-order valence-corrected chi connectivity index (χ0v) is 9.24. The highest BCUT2D eigenvalue weighted by Gasteiger charge is 2.34. The van der Waals surface area contributed by atoms with Gasteiger partial charge in [-0.25, -0.2) is 0 Å². The van der Waals surface area contributed by atoms with Crippen LogP contribution >= 0.6 is 23.5 Å². The molecule has 1 aliphatic rings. The fraction of sp³-hybridized carbons (Fsp3) is 0.750. The quantitative estimate of drug-likeness (QED) is 0.518. The number of carbonyl (C=O) groups is 2. The van der Waals surface area contributed by atoms with Crippen LogP contribution in [0.4, 0.5) is 0 Å². The van der Waals surface area contributed by atoms with Crippen molar-refractivity contribution < 1.29 is 14.3 Å². The van der Waals surface area contributed by atoms with Gasteiger partial charge in [-0.2, -0.15) is 0 Å². The predicted molar refractivity (Wildman–Crippen MR) is 54.9 cm³/mol. The van der Waals surface area contributed by atoms with Crippen molar-refractivity contribution in [3.05, 3.63) is 0 Å². The second kappa shape index (κ2) is 4.91. The summed E-state index contributed by atoms with van der Waals surface area (Å²) in [6.45, 7) is 4.08. The lowest BCUT2D eigenvalue weighted by atomic mass is 10.3. The standard InChI is InChI=1S/C8H12O3S2/c1-3-11-8(10)7-6(9)4-12-5(2)13-7/h5,7H,3-4H2,1-2H3. The minimum Gasteiger partial charge on any atom is -0.465 e.